The van der Waals surface area contributed by atoms with Crippen molar-refractivity contribution in [1.82, 2.24) is 4.90 Å². The number of carbonyl (C=O) groups excluding carboxylic acids is 1. The molecule has 0 aliphatic carbocycles. The third kappa shape index (κ3) is 6.37. The van der Waals surface area contributed by atoms with Crippen LogP contribution < -0.4 is 8.92 Å². The second-order valence-electron chi connectivity index (χ2n) is 6.26. The Bertz CT molecular complexity index is 729. The fourth-order valence-electron chi connectivity index (χ4n) is 2.80. The lowest BCUT2D eigenvalue weighted by Crippen LogP contribution is -2.38. The van der Waals surface area contributed by atoms with Crippen LogP contribution in [0.4, 0.5) is 0 Å². The Morgan fingerprint density at radius 3 is 2.67 bits per heavy atom. The molecule has 0 radical (unpaired) electrons. The first kappa shape index (κ1) is 21.5. The average Bonchev–Trinajstić information content (AvgIpc) is 3.14. The SMILES string of the molecule is CCS(=O)(=O)Oc1cc(CN(CC2CCCO2)C(=O)COC)ccc1OC. The molecule has 0 N–H and O–H groups in total. The Balaban J connectivity index is 2.21. The molecule has 27 heavy (non-hydrogen) atoms. The Labute approximate surface area is 160 Å². The molecule has 1 unspecified atom stereocenters. The maximum absolute atomic E-state index is 12.4. The number of carbonyl (C=O) groups is 1. The number of rotatable bonds is 10. The summed E-state index contributed by atoms with van der Waals surface area (Å²) in [6.07, 6.45) is 1.88. The monoisotopic (exact) mass is 401 g/mol. The summed E-state index contributed by atoms with van der Waals surface area (Å²) in [5.74, 6) is 0.0999. The van der Waals surface area contributed by atoms with Crippen molar-refractivity contribution in [3.63, 3.8) is 0 Å². The summed E-state index contributed by atoms with van der Waals surface area (Å²) in [7, 11) is -0.788. The van der Waals surface area contributed by atoms with Gasteiger partial charge in [-0.2, -0.15) is 8.42 Å². The topological polar surface area (TPSA) is 91.4 Å². The van der Waals surface area contributed by atoms with Crippen molar-refractivity contribution in [2.75, 3.05) is 39.7 Å². The van der Waals surface area contributed by atoms with E-state index in [0.717, 1.165) is 18.4 Å². The minimum atomic E-state index is -3.69. The van der Waals surface area contributed by atoms with E-state index in [1.807, 2.05) is 0 Å². The van der Waals surface area contributed by atoms with Crippen molar-refractivity contribution >= 4 is 16.0 Å². The molecule has 1 aliphatic rings. The van der Waals surface area contributed by atoms with E-state index in [1.54, 1.807) is 23.1 Å². The summed E-state index contributed by atoms with van der Waals surface area (Å²) in [5.41, 5.74) is 0.722. The molecule has 0 saturated carbocycles. The van der Waals surface area contributed by atoms with E-state index < -0.39 is 10.1 Å². The van der Waals surface area contributed by atoms with Gasteiger partial charge in [0, 0.05) is 26.8 Å². The molecule has 2 rings (SSSR count). The van der Waals surface area contributed by atoms with E-state index >= 15 is 0 Å². The van der Waals surface area contributed by atoms with Gasteiger partial charge in [-0.15, -0.1) is 0 Å². The number of nitrogens with zero attached hydrogens (tertiary/aromatic N) is 1. The van der Waals surface area contributed by atoms with Gasteiger partial charge in [0.15, 0.2) is 11.5 Å². The van der Waals surface area contributed by atoms with Crippen LogP contribution in [-0.4, -0.2) is 65.1 Å². The molecular weight excluding hydrogens is 374 g/mol. The molecule has 8 nitrogen and oxygen atoms in total. The summed E-state index contributed by atoms with van der Waals surface area (Å²) in [6, 6.07) is 4.97. The van der Waals surface area contributed by atoms with Crippen LogP contribution in [0, 0.1) is 0 Å². The largest absolute Gasteiger partial charge is 0.493 e. The fourth-order valence-corrected chi connectivity index (χ4v) is 3.33. The van der Waals surface area contributed by atoms with Gasteiger partial charge in [0.2, 0.25) is 5.91 Å². The third-order valence-electron chi connectivity index (χ3n) is 4.24. The maximum atomic E-state index is 12.4. The van der Waals surface area contributed by atoms with E-state index in [2.05, 4.69) is 0 Å². The van der Waals surface area contributed by atoms with E-state index in [-0.39, 0.29) is 36.7 Å². The zero-order chi connectivity index (χ0) is 19.9. The predicted octanol–water partition coefficient (Wildman–Crippen LogP) is 1.58. The predicted molar refractivity (Wildman–Crippen MR) is 99.3 cm³/mol. The summed E-state index contributed by atoms with van der Waals surface area (Å²) >= 11 is 0. The second kappa shape index (κ2) is 9.91. The number of hydrogen-bond donors (Lipinski definition) is 0. The van der Waals surface area contributed by atoms with Crippen LogP contribution in [0.5, 0.6) is 11.5 Å². The number of methoxy groups -OCH3 is 2. The van der Waals surface area contributed by atoms with Crippen molar-refractivity contribution in [1.29, 1.82) is 0 Å². The molecule has 1 aromatic carbocycles. The molecule has 1 aliphatic heterocycles. The quantitative estimate of drug-likeness (QED) is 0.550. The van der Waals surface area contributed by atoms with E-state index in [9.17, 15) is 13.2 Å². The van der Waals surface area contributed by atoms with E-state index in [1.165, 1.54) is 21.1 Å². The number of amides is 1. The second-order valence-corrected chi connectivity index (χ2v) is 8.12. The standard InChI is InChI=1S/C18H27NO7S/c1-4-27(21,22)26-17-10-14(7-8-16(17)24-3)11-19(18(20)13-23-2)12-15-6-5-9-25-15/h7-8,10,15H,4-6,9,11-13H2,1-3H3. The Morgan fingerprint density at radius 1 is 1.30 bits per heavy atom. The van der Waals surface area contributed by atoms with Crippen molar-refractivity contribution in [3.05, 3.63) is 23.8 Å². The van der Waals surface area contributed by atoms with Gasteiger partial charge in [0.25, 0.3) is 0 Å². The van der Waals surface area contributed by atoms with E-state index in [0.29, 0.717) is 18.9 Å². The van der Waals surface area contributed by atoms with Crippen LogP contribution in [0.1, 0.15) is 25.3 Å². The number of benzene rings is 1. The van der Waals surface area contributed by atoms with Crippen LogP contribution in [0.2, 0.25) is 0 Å². The zero-order valence-corrected chi connectivity index (χ0v) is 16.8. The molecule has 0 aromatic heterocycles. The molecule has 0 spiro atoms. The summed E-state index contributed by atoms with van der Waals surface area (Å²) < 4.78 is 44.6. The molecule has 9 heteroatoms. The molecule has 1 atom stereocenters. The van der Waals surface area contributed by atoms with Gasteiger partial charge in [0.1, 0.15) is 6.61 Å². The molecule has 0 bridgehead atoms. The molecule has 1 aromatic rings. The smallest absolute Gasteiger partial charge is 0.309 e. The average molecular weight is 401 g/mol. The molecule has 152 valence electrons. The van der Waals surface area contributed by atoms with Crippen molar-refractivity contribution in [2.45, 2.75) is 32.4 Å². The Hall–Kier alpha value is -1.84. The van der Waals surface area contributed by atoms with Crippen LogP contribution in [0.25, 0.3) is 0 Å². The Morgan fingerprint density at radius 2 is 2.07 bits per heavy atom. The lowest BCUT2D eigenvalue weighted by molar-refractivity contribution is -0.137. The van der Waals surface area contributed by atoms with Gasteiger partial charge in [0.05, 0.1) is 19.0 Å². The highest BCUT2D eigenvalue weighted by atomic mass is 32.2. The highest BCUT2D eigenvalue weighted by Gasteiger charge is 2.23. The molecule has 1 heterocycles. The highest BCUT2D eigenvalue weighted by Crippen LogP contribution is 2.30. The lowest BCUT2D eigenvalue weighted by Gasteiger charge is -2.25. The van der Waals surface area contributed by atoms with E-state index in [4.69, 9.17) is 18.4 Å². The first-order valence-electron chi connectivity index (χ1n) is 8.86. The van der Waals surface area contributed by atoms with Gasteiger partial charge in [-0.1, -0.05) is 6.07 Å². The van der Waals surface area contributed by atoms with Gasteiger partial charge in [-0.25, -0.2) is 0 Å². The minimum absolute atomic E-state index is 0.000226. The Kier molecular flexibility index (Phi) is 7.88. The molecule has 1 amide bonds. The molecule has 1 fully saturated rings. The van der Waals surface area contributed by atoms with Crippen LogP contribution in [0.3, 0.4) is 0 Å². The van der Waals surface area contributed by atoms with Crippen molar-refractivity contribution in [2.24, 2.45) is 0 Å². The first-order valence-corrected chi connectivity index (χ1v) is 10.4. The lowest BCUT2D eigenvalue weighted by atomic mass is 10.1. The van der Waals surface area contributed by atoms with Crippen molar-refractivity contribution < 1.29 is 31.6 Å². The number of hydrogen-bond acceptors (Lipinski definition) is 7. The first-order chi connectivity index (χ1) is 12.9. The van der Waals surface area contributed by atoms with Crippen molar-refractivity contribution in [3.8, 4) is 11.5 Å². The van der Waals surface area contributed by atoms with Gasteiger partial charge >= 0.3 is 10.1 Å². The van der Waals surface area contributed by atoms with Gasteiger partial charge in [-0.05, 0) is 37.5 Å². The summed E-state index contributed by atoms with van der Waals surface area (Å²) in [4.78, 5) is 14.1. The normalized spacial score (nSPS) is 16.9. The maximum Gasteiger partial charge on any atom is 0.309 e. The van der Waals surface area contributed by atoms with Crippen LogP contribution in [0.15, 0.2) is 18.2 Å². The molecule has 1 saturated heterocycles. The van der Waals surface area contributed by atoms with Crippen LogP contribution in [-0.2, 0) is 30.9 Å². The van der Waals surface area contributed by atoms with Gasteiger partial charge in [-0.3, -0.25) is 4.79 Å². The zero-order valence-electron chi connectivity index (χ0n) is 16.0. The minimum Gasteiger partial charge on any atom is -0.493 e. The summed E-state index contributed by atoms with van der Waals surface area (Å²) in [5, 5.41) is 0. The number of ether oxygens (including phenoxy) is 3. The van der Waals surface area contributed by atoms with Crippen LogP contribution >= 0.6 is 0 Å². The summed E-state index contributed by atoms with van der Waals surface area (Å²) in [6.45, 7) is 2.91. The third-order valence-corrected chi connectivity index (χ3v) is 5.38. The van der Waals surface area contributed by atoms with Gasteiger partial charge < -0.3 is 23.3 Å². The highest BCUT2D eigenvalue weighted by molar-refractivity contribution is 7.87. The molecular formula is C18H27NO7S. The fraction of sp³-hybridized carbons (Fsp3) is 0.611.